The van der Waals surface area contributed by atoms with Crippen LogP contribution in [-0.2, 0) is 0 Å². The first kappa shape index (κ1) is 12.5. The number of benzene rings is 2. The predicted octanol–water partition coefficient (Wildman–Crippen LogP) is 3.81. The Morgan fingerprint density at radius 2 is 1.84 bits per heavy atom. The van der Waals surface area contributed by atoms with Crippen LogP contribution >= 0.6 is 34.2 Å². The Bertz CT molecular complexity index is 759. The first-order valence-electron chi connectivity index (χ1n) is 5.38. The van der Waals surface area contributed by atoms with Gasteiger partial charge in [-0.3, -0.25) is 0 Å². The van der Waals surface area contributed by atoms with Gasteiger partial charge in [0, 0.05) is 8.59 Å². The maximum atomic E-state index is 5.93. The largest absolute Gasteiger partial charge is 0.397 e. The first-order chi connectivity index (χ1) is 9.15. The van der Waals surface area contributed by atoms with E-state index in [4.69, 9.17) is 22.0 Å². The van der Waals surface area contributed by atoms with Gasteiger partial charge in [-0.15, -0.1) is 0 Å². The number of nitrogens with one attached hydrogen (secondary N) is 1. The summed E-state index contributed by atoms with van der Waals surface area (Å²) >= 11 is 8.14. The van der Waals surface area contributed by atoms with E-state index in [2.05, 4.69) is 38.2 Å². The molecule has 3 aromatic rings. The minimum Gasteiger partial charge on any atom is -0.397 e. The zero-order chi connectivity index (χ0) is 13.4. The molecule has 2 aromatic carbocycles. The third kappa shape index (κ3) is 2.33. The van der Waals surface area contributed by atoms with E-state index in [1.165, 1.54) is 0 Å². The van der Waals surface area contributed by atoms with Crippen LogP contribution in [-0.4, -0.2) is 10.3 Å². The smallest absolute Gasteiger partial charge is 0.160 e. The topological polar surface area (TPSA) is 77.0 Å². The zero-order valence-electron chi connectivity index (χ0n) is 9.52. The van der Waals surface area contributed by atoms with Crippen molar-refractivity contribution in [3.63, 3.8) is 0 Å². The average molecular weight is 387 g/mol. The van der Waals surface area contributed by atoms with Crippen molar-refractivity contribution in [3.05, 3.63) is 38.9 Å². The summed E-state index contributed by atoms with van der Waals surface area (Å²) in [7, 11) is 0. The molecule has 3 rings (SSSR count). The van der Waals surface area contributed by atoms with Crippen LogP contribution in [0, 0.1) is 3.57 Å². The second-order valence-corrected chi connectivity index (χ2v) is 5.51. The van der Waals surface area contributed by atoms with E-state index in [0.717, 1.165) is 14.9 Å². The van der Waals surface area contributed by atoms with Crippen LogP contribution in [0.1, 0.15) is 0 Å². The number of halogens is 2. The molecule has 0 bridgehead atoms. The highest BCUT2D eigenvalue weighted by Crippen LogP contribution is 2.30. The van der Waals surface area contributed by atoms with Crippen molar-refractivity contribution in [2.24, 2.45) is 0 Å². The lowest BCUT2D eigenvalue weighted by Crippen LogP contribution is -1.95. The lowest BCUT2D eigenvalue weighted by Gasteiger charge is -2.09. The van der Waals surface area contributed by atoms with E-state index >= 15 is 0 Å². The van der Waals surface area contributed by atoms with Gasteiger partial charge in [-0.2, -0.15) is 0 Å². The van der Waals surface area contributed by atoms with Gasteiger partial charge < -0.3 is 11.1 Å². The van der Waals surface area contributed by atoms with Gasteiger partial charge in [-0.05, 0) is 63.2 Å². The Balaban J connectivity index is 2.06. The highest BCUT2D eigenvalue weighted by atomic mass is 127. The number of hydrogen-bond donors (Lipinski definition) is 2. The molecule has 0 saturated carbocycles. The number of nitrogens with two attached hydrogens (primary N) is 1. The Morgan fingerprint density at radius 1 is 1.11 bits per heavy atom. The third-order valence-corrected chi connectivity index (χ3v) is 3.77. The minimum absolute atomic E-state index is 0.535. The number of rotatable bonds is 2. The van der Waals surface area contributed by atoms with Crippen LogP contribution in [0.25, 0.3) is 11.0 Å². The van der Waals surface area contributed by atoms with Gasteiger partial charge in [0.05, 0.1) is 17.1 Å². The van der Waals surface area contributed by atoms with Crippen LogP contribution in [0.5, 0.6) is 0 Å². The van der Waals surface area contributed by atoms with Gasteiger partial charge in [0.25, 0.3) is 0 Å². The molecule has 1 aromatic heterocycles. The molecule has 3 N–H and O–H groups in total. The van der Waals surface area contributed by atoms with E-state index in [0.29, 0.717) is 21.7 Å². The Kier molecular flexibility index (Phi) is 3.19. The van der Waals surface area contributed by atoms with E-state index in [1.807, 2.05) is 24.3 Å². The molecule has 0 aliphatic heterocycles. The molecule has 0 unspecified atom stereocenters. The number of hydrogen-bond acceptors (Lipinski definition) is 5. The molecule has 0 amide bonds. The van der Waals surface area contributed by atoms with Crippen LogP contribution in [0.2, 0.25) is 5.02 Å². The zero-order valence-corrected chi connectivity index (χ0v) is 12.4. The molecule has 0 atom stereocenters. The molecule has 0 fully saturated rings. The molecule has 0 aliphatic carbocycles. The molecule has 19 heavy (non-hydrogen) atoms. The molecule has 0 saturated heterocycles. The van der Waals surface area contributed by atoms with E-state index in [1.54, 1.807) is 6.07 Å². The highest BCUT2D eigenvalue weighted by Gasteiger charge is 2.11. The maximum absolute atomic E-state index is 5.93. The second-order valence-electron chi connectivity index (χ2n) is 3.91. The van der Waals surface area contributed by atoms with Crippen LogP contribution in [0.4, 0.5) is 17.1 Å². The maximum Gasteiger partial charge on any atom is 0.160 e. The Hall–Kier alpha value is -1.54. The fourth-order valence-electron chi connectivity index (χ4n) is 1.72. The fourth-order valence-corrected chi connectivity index (χ4v) is 2.73. The second kappa shape index (κ2) is 4.86. The molecule has 7 heteroatoms. The standard InChI is InChI=1S/C12H8ClIN4O/c13-6-1-3-9(7(14)5-6)16-10-4-2-8(15)11-12(10)18-19-17-11/h1-5,16H,15H2. The van der Waals surface area contributed by atoms with E-state index < -0.39 is 0 Å². The predicted molar refractivity (Wildman–Crippen MR) is 83.7 cm³/mol. The number of aromatic nitrogens is 2. The third-order valence-electron chi connectivity index (χ3n) is 2.65. The number of nitrogen functional groups attached to an aromatic ring is 1. The highest BCUT2D eigenvalue weighted by molar-refractivity contribution is 14.1. The van der Waals surface area contributed by atoms with Crippen LogP contribution in [0.3, 0.4) is 0 Å². The number of nitrogens with zero attached hydrogens (tertiary/aromatic N) is 2. The summed E-state index contributed by atoms with van der Waals surface area (Å²) in [6, 6.07) is 9.20. The normalized spacial score (nSPS) is 10.8. The summed E-state index contributed by atoms with van der Waals surface area (Å²) < 4.78 is 5.74. The van der Waals surface area contributed by atoms with Crippen molar-refractivity contribution in [1.82, 2.24) is 10.3 Å². The van der Waals surface area contributed by atoms with Crippen LogP contribution < -0.4 is 11.1 Å². The Labute approximate surface area is 127 Å². The summed E-state index contributed by atoms with van der Waals surface area (Å²) in [6.45, 7) is 0. The van der Waals surface area contributed by atoms with Gasteiger partial charge in [0.1, 0.15) is 0 Å². The first-order valence-corrected chi connectivity index (χ1v) is 6.83. The monoisotopic (exact) mass is 386 g/mol. The van der Waals surface area contributed by atoms with Crippen molar-refractivity contribution in [2.75, 3.05) is 11.1 Å². The Morgan fingerprint density at radius 3 is 2.63 bits per heavy atom. The summed E-state index contributed by atoms with van der Waals surface area (Å²) in [5.74, 6) is 0. The molecular formula is C12H8ClIN4O. The SMILES string of the molecule is Nc1ccc(Nc2ccc(Cl)cc2I)c2nonc12. The van der Waals surface area contributed by atoms with Crippen molar-refractivity contribution in [3.8, 4) is 0 Å². The quantitative estimate of drug-likeness (QED) is 0.517. The van der Waals surface area contributed by atoms with Crippen molar-refractivity contribution >= 4 is 62.3 Å². The lowest BCUT2D eigenvalue weighted by molar-refractivity contribution is 0.316. The van der Waals surface area contributed by atoms with E-state index in [9.17, 15) is 0 Å². The van der Waals surface area contributed by atoms with E-state index in [-0.39, 0.29) is 0 Å². The minimum atomic E-state index is 0.535. The van der Waals surface area contributed by atoms with Crippen molar-refractivity contribution < 1.29 is 4.63 Å². The average Bonchev–Trinajstić information content (AvgIpc) is 2.86. The van der Waals surface area contributed by atoms with Crippen molar-refractivity contribution in [1.29, 1.82) is 0 Å². The summed E-state index contributed by atoms with van der Waals surface area (Å²) in [5, 5.41) is 11.6. The van der Waals surface area contributed by atoms with Gasteiger partial charge in [0.15, 0.2) is 11.0 Å². The molecule has 96 valence electrons. The molecule has 0 aliphatic rings. The van der Waals surface area contributed by atoms with Gasteiger partial charge in [-0.25, -0.2) is 4.63 Å². The molecule has 0 spiro atoms. The fraction of sp³-hybridized carbons (Fsp3) is 0. The van der Waals surface area contributed by atoms with Gasteiger partial charge in [0.2, 0.25) is 0 Å². The lowest BCUT2D eigenvalue weighted by atomic mass is 10.2. The summed E-state index contributed by atoms with van der Waals surface area (Å²) in [5.41, 5.74) is 9.20. The molecule has 1 heterocycles. The summed E-state index contributed by atoms with van der Waals surface area (Å²) in [6.07, 6.45) is 0. The van der Waals surface area contributed by atoms with Crippen molar-refractivity contribution in [2.45, 2.75) is 0 Å². The summed E-state index contributed by atoms with van der Waals surface area (Å²) in [4.78, 5) is 0. The van der Waals surface area contributed by atoms with Gasteiger partial charge in [-0.1, -0.05) is 11.6 Å². The molecular weight excluding hydrogens is 379 g/mol. The van der Waals surface area contributed by atoms with Gasteiger partial charge >= 0.3 is 0 Å². The molecule has 5 nitrogen and oxygen atoms in total. The van der Waals surface area contributed by atoms with Crippen LogP contribution in [0.15, 0.2) is 35.0 Å². The number of anilines is 3. The number of fused-ring (bicyclic) bond motifs is 1. The molecule has 0 radical (unpaired) electrons.